The zero-order valence-electron chi connectivity index (χ0n) is 16.3. The molecule has 0 aliphatic carbocycles. The summed E-state index contributed by atoms with van der Waals surface area (Å²) in [7, 11) is 3.33. The van der Waals surface area contributed by atoms with Gasteiger partial charge in [-0.15, -0.1) is 0 Å². The van der Waals surface area contributed by atoms with Gasteiger partial charge in [0.2, 0.25) is 5.91 Å². The predicted octanol–water partition coefficient (Wildman–Crippen LogP) is 3.39. The molecule has 5 nitrogen and oxygen atoms in total. The van der Waals surface area contributed by atoms with Gasteiger partial charge < -0.3 is 19.7 Å². The van der Waals surface area contributed by atoms with Crippen molar-refractivity contribution >= 4 is 5.91 Å². The minimum atomic E-state index is 0.111. The van der Waals surface area contributed by atoms with E-state index in [1.54, 1.807) is 14.2 Å². The van der Waals surface area contributed by atoms with Gasteiger partial charge in [0.15, 0.2) is 0 Å². The first-order valence-electron chi connectivity index (χ1n) is 9.86. The van der Waals surface area contributed by atoms with E-state index in [0.717, 1.165) is 49.5 Å². The molecule has 1 aromatic carbocycles. The van der Waals surface area contributed by atoms with E-state index >= 15 is 0 Å². The number of nitrogens with one attached hydrogen (secondary N) is 1. The number of rotatable bonds is 6. The third-order valence-electron chi connectivity index (χ3n) is 6.01. The molecule has 0 saturated carbocycles. The molecule has 0 bridgehead atoms. The van der Waals surface area contributed by atoms with Gasteiger partial charge in [-0.25, -0.2) is 0 Å². The second-order valence-electron chi connectivity index (χ2n) is 7.64. The first-order chi connectivity index (χ1) is 12.6. The van der Waals surface area contributed by atoms with Crippen molar-refractivity contribution < 1.29 is 14.3 Å². The Morgan fingerprint density at radius 1 is 1.27 bits per heavy atom. The first kappa shape index (κ1) is 19.0. The van der Waals surface area contributed by atoms with Crippen molar-refractivity contribution in [2.45, 2.75) is 45.1 Å². The molecule has 0 spiro atoms. The van der Waals surface area contributed by atoms with Crippen molar-refractivity contribution in [3.63, 3.8) is 0 Å². The fraction of sp³-hybridized carbons (Fsp3) is 0.667. The molecule has 3 atom stereocenters. The van der Waals surface area contributed by atoms with Gasteiger partial charge in [-0.2, -0.15) is 0 Å². The quantitative estimate of drug-likeness (QED) is 0.845. The van der Waals surface area contributed by atoms with E-state index in [0.29, 0.717) is 18.3 Å². The number of hydrogen-bond donors (Lipinski definition) is 1. The highest BCUT2D eigenvalue weighted by Gasteiger charge is 2.33. The van der Waals surface area contributed by atoms with Crippen LogP contribution in [0.15, 0.2) is 18.2 Å². The van der Waals surface area contributed by atoms with Crippen molar-refractivity contribution in [2.24, 2.45) is 11.8 Å². The van der Waals surface area contributed by atoms with Crippen LogP contribution in [0.25, 0.3) is 0 Å². The molecule has 2 aliphatic heterocycles. The molecule has 1 amide bonds. The highest BCUT2D eigenvalue weighted by molar-refractivity contribution is 5.77. The van der Waals surface area contributed by atoms with Crippen LogP contribution in [0.3, 0.4) is 0 Å². The zero-order valence-corrected chi connectivity index (χ0v) is 16.3. The van der Waals surface area contributed by atoms with Crippen LogP contribution in [0, 0.1) is 11.8 Å². The standard InChI is InChI=1S/C21H32N2O3/c1-15(16-6-4-10-22-14-16)12-21(24)23-11-5-7-19(23)18-9-8-17(25-2)13-20(18)26-3/h8-9,13,15-16,19,22H,4-7,10-12,14H2,1-3H3. The molecule has 0 aromatic heterocycles. The highest BCUT2D eigenvalue weighted by Crippen LogP contribution is 2.39. The number of carbonyl (C=O) groups is 1. The lowest BCUT2D eigenvalue weighted by Gasteiger charge is -2.31. The molecule has 2 saturated heterocycles. The number of nitrogens with zero attached hydrogens (tertiary/aromatic N) is 1. The average molecular weight is 360 g/mol. The average Bonchev–Trinajstić information content (AvgIpc) is 3.17. The molecule has 1 N–H and O–H groups in total. The summed E-state index contributed by atoms with van der Waals surface area (Å²) < 4.78 is 10.9. The Labute approximate surface area is 157 Å². The van der Waals surface area contributed by atoms with Crippen LogP contribution in [0.4, 0.5) is 0 Å². The number of benzene rings is 1. The topological polar surface area (TPSA) is 50.8 Å². The van der Waals surface area contributed by atoms with E-state index in [1.165, 1.54) is 12.8 Å². The lowest BCUT2D eigenvalue weighted by molar-refractivity contribution is -0.133. The summed E-state index contributed by atoms with van der Waals surface area (Å²) in [6, 6.07) is 6.02. The van der Waals surface area contributed by atoms with Crippen molar-refractivity contribution in [3.8, 4) is 11.5 Å². The molecule has 5 heteroatoms. The number of piperidine rings is 1. The van der Waals surface area contributed by atoms with Crippen LogP contribution in [0.2, 0.25) is 0 Å². The molecule has 0 radical (unpaired) electrons. The maximum atomic E-state index is 13.0. The fourth-order valence-corrected chi connectivity index (χ4v) is 4.41. The minimum absolute atomic E-state index is 0.111. The maximum Gasteiger partial charge on any atom is 0.223 e. The van der Waals surface area contributed by atoms with E-state index in [2.05, 4.69) is 17.1 Å². The summed E-state index contributed by atoms with van der Waals surface area (Å²) in [6.07, 6.45) is 5.13. The second kappa shape index (κ2) is 8.76. The first-order valence-corrected chi connectivity index (χ1v) is 9.86. The van der Waals surface area contributed by atoms with Gasteiger partial charge in [-0.05, 0) is 62.7 Å². The van der Waals surface area contributed by atoms with E-state index < -0.39 is 0 Å². The van der Waals surface area contributed by atoms with Crippen molar-refractivity contribution in [1.82, 2.24) is 10.2 Å². The molecule has 2 heterocycles. The molecule has 2 fully saturated rings. The summed E-state index contributed by atoms with van der Waals surface area (Å²) in [5, 5.41) is 3.47. The Morgan fingerprint density at radius 2 is 2.12 bits per heavy atom. The number of methoxy groups -OCH3 is 2. The third-order valence-corrected chi connectivity index (χ3v) is 6.01. The van der Waals surface area contributed by atoms with Crippen LogP contribution in [0.5, 0.6) is 11.5 Å². The van der Waals surface area contributed by atoms with Crippen LogP contribution in [0.1, 0.15) is 50.6 Å². The molecule has 2 aliphatic rings. The Bertz CT molecular complexity index is 613. The third kappa shape index (κ3) is 4.14. The summed E-state index contributed by atoms with van der Waals surface area (Å²) in [5.74, 6) is 2.90. The van der Waals surface area contributed by atoms with Crippen molar-refractivity contribution in [2.75, 3.05) is 33.9 Å². The Balaban J connectivity index is 1.70. The lowest BCUT2D eigenvalue weighted by atomic mass is 9.85. The monoisotopic (exact) mass is 360 g/mol. The lowest BCUT2D eigenvalue weighted by Crippen LogP contribution is -2.37. The molecular weight excluding hydrogens is 328 g/mol. The van der Waals surface area contributed by atoms with E-state index in [9.17, 15) is 4.79 Å². The molecular formula is C21H32N2O3. The van der Waals surface area contributed by atoms with Crippen molar-refractivity contribution in [1.29, 1.82) is 0 Å². The van der Waals surface area contributed by atoms with Gasteiger partial charge in [-0.1, -0.05) is 6.92 Å². The van der Waals surface area contributed by atoms with Crippen LogP contribution >= 0.6 is 0 Å². The number of hydrogen-bond acceptors (Lipinski definition) is 4. The van der Waals surface area contributed by atoms with Gasteiger partial charge in [0.05, 0.1) is 20.3 Å². The summed E-state index contributed by atoms with van der Waals surface area (Å²) in [4.78, 5) is 15.1. The fourth-order valence-electron chi connectivity index (χ4n) is 4.41. The molecule has 3 rings (SSSR count). The Kier molecular flexibility index (Phi) is 6.41. The van der Waals surface area contributed by atoms with Gasteiger partial charge in [0, 0.05) is 24.6 Å². The maximum absolute atomic E-state index is 13.0. The van der Waals surface area contributed by atoms with E-state index in [4.69, 9.17) is 9.47 Å². The molecule has 144 valence electrons. The van der Waals surface area contributed by atoms with Gasteiger partial charge in [-0.3, -0.25) is 4.79 Å². The summed E-state index contributed by atoms with van der Waals surface area (Å²) >= 11 is 0. The smallest absolute Gasteiger partial charge is 0.223 e. The summed E-state index contributed by atoms with van der Waals surface area (Å²) in [5.41, 5.74) is 1.09. The number of likely N-dealkylation sites (tertiary alicyclic amines) is 1. The normalized spacial score (nSPS) is 24.3. The van der Waals surface area contributed by atoms with Gasteiger partial charge in [0.25, 0.3) is 0 Å². The molecule has 1 aromatic rings. The largest absolute Gasteiger partial charge is 0.497 e. The summed E-state index contributed by atoms with van der Waals surface area (Å²) in [6.45, 7) is 5.23. The Morgan fingerprint density at radius 3 is 2.81 bits per heavy atom. The van der Waals surface area contributed by atoms with Crippen LogP contribution in [-0.4, -0.2) is 44.7 Å². The van der Waals surface area contributed by atoms with Crippen LogP contribution in [-0.2, 0) is 4.79 Å². The molecule has 3 unspecified atom stereocenters. The van der Waals surface area contributed by atoms with E-state index in [-0.39, 0.29) is 11.9 Å². The zero-order chi connectivity index (χ0) is 18.5. The van der Waals surface area contributed by atoms with Gasteiger partial charge in [0.1, 0.15) is 11.5 Å². The van der Waals surface area contributed by atoms with Gasteiger partial charge >= 0.3 is 0 Å². The van der Waals surface area contributed by atoms with Crippen molar-refractivity contribution in [3.05, 3.63) is 23.8 Å². The van der Waals surface area contributed by atoms with E-state index in [1.807, 2.05) is 18.2 Å². The molecule has 26 heavy (non-hydrogen) atoms. The second-order valence-corrected chi connectivity index (χ2v) is 7.64. The Hall–Kier alpha value is -1.75. The number of amides is 1. The SMILES string of the molecule is COc1ccc(C2CCCN2C(=O)CC(C)C2CCCNC2)c(OC)c1. The highest BCUT2D eigenvalue weighted by atomic mass is 16.5. The predicted molar refractivity (Wildman–Crippen MR) is 103 cm³/mol. The minimum Gasteiger partial charge on any atom is -0.497 e. The van der Waals surface area contributed by atoms with Crippen LogP contribution < -0.4 is 14.8 Å². The number of carbonyl (C=O) groups excluding carboxylic acids is 1. The number of ether oxygens (including phenoxy) is 2.